The Labute approximate surface area is 164 Å². The van der Waals surface area contributed by atoms with Gasteiger partial charge in [0.05, 0.1) is 11.2 Å². The molecule has 1 aromatic rings. The van der Waals surface area contributed by atoms with E-state index in [2.05, 4.69) is 57.7 Å². The Morgan fingerprint density at radius 1 is 1.04 bits per heavy atom. The van der Waals surface area contributed by atoms with Crippen molar-refractivity contribution in [2.75, 3.05) is 32.2 Å². The molecule has 150 valence electrons. The molecule has 0 unspecified atom stereocenters. The van der Waals surface area contributed by atoms with Gasteiger partial charge in [0.2, 0.25) is 0 Å². The highest BCUT2D eigenvalue weighted by Gasteiger charge is 2.52. The summed E-state index contributed by atoms with van der Waals surface area (Å²) in [6.07, 6.45) is 2.05. The lowest BCUT2D eigenvalue weighted by atomic mass is 9.76. The van der Waals surface area contributed by atoms with Crippen LogP contribution in [0.3, 0.4) is 0 Å². The van der Waals surface area contributed by atoms with Crippen LogP contribution in [-0.4, -0.2) is 51.9 Å². The SMILES string of the molecule is COC(OC)C1CCN(c2ccc(B3OC(C)(C)C(C)(C)O3)c(C)c2)CC1. The molecular formula is C21H34BNO4. The Hall–Kier alpha value is -1.08. The van der Waals surface area contributed by atoms with Crippen molar-refractivity contribution in [3.8, 4) is 0 Å². The first-order chi connectivity index (χ1) is 12.7. The standard InChI is InChI=1S/C21H34BNO4/c1-15-14-17(23-12-10-16(11-13-23)19(24-6)25-7)8-9-18(15)22-26-20(2,3)21(4,5)27-22/h8-9,14,16,19H,10-13H2,1-7H3. The van der Waals surface area contributed by atoms with Gasteiger partial charge in [0.1, 0.15) is 0 Å². The molecule has 2 saturated heterocycles. The zero-order chi connectivity index (χ0) is 19.8. The molecule has 5 nitrogen and oxygen atoms in total. The molecule has 0 amide bonds. The Balaban J connectivity index is 1.68. The van der Waals surface area contributed by atoms with Crippen LogP contribution >= 0.6 is 0 Å². The third-order valence-corrected chi connectivity index (χ3v) is 6.51. The Bertz CT molecular complexity index is 636. The van der Waals surface area contributed by atoms with Crippen LogP contribution in [0.15, 0.2) is 18.2 Å². The number of hydrogen-bond acceptors (Lipinski definition) is 5. The smallest absolute Gasteiger partial charge is 0.399 e. The molecule has 0 aromatic heterocycles. The van der Waals surface area contributed by atoms with Crippen molar-refractivity contribution in [2.24, 2.45) is 5.92 Å². The summed E-state index contributed by atoms with van der Waals surface area (Å²) in [4.78, 5) is 2.44. The van der Waals surface area contributed by atoms with Crippen molar-refractivity contribution >= 4 is 18.3 Å². The average molecular weight is 375 g/mol. The maximum atomic E-state index is 6.22. The van der Waals surface area contributed by atoms with Crippen LogP contribution in [0.5, 0.6) is 0 Å². The van der Waals surface area contributed by atoms with Gasteiger partial charge in [-0.3, -0.25) is 0 Å². The second-order valence-corrected chi connectivity index (χ2v) is 8.79. The predicted molar refractivity (Wildman–Crippen MR) is 110 cm³/mol. The molecule has 27 heavy (non-hydrogen) atoms. The number of rotatable bonds is 5. The van der Waals surface area contributed by atoms with Crippen molar-refractivity contribution < 1.29 is 18.8 Å². The fraction of sp³-hybridized carbons (Fsp3) is 0.714. The van der Waals surface area contributed by atoms with Crippen LogP contribution < -0.4 is 10.4 Å². The fourth-order valence-electron chi connectivity index (χ4n) is 4.00. The molecule has 0 atom stereocenters. The number of anilines is 1. The highest BCUT2D eigenvalue weighted by atomic mass is 16.7. The minimum atomic E-state index is -0.316. The normalized spacial score (nSPS) is 22.7. The number of methoxy groups -OCH3 is 2. The van der Waals surface area contributed by atoms with Gasteiger partial charge >= 0.3 is 7.12 Å². The van der Waals surface area contributed by atoms with Gasteiger partial charge in [0.25, 0.3) is 0 Å². The lowest BCUT2D eigenvalue weighted by molar-refractivity contribution is -0.141. The molecule has 3 rings (SSSR count). The van der Waals surface area contributed by atoms with E-state index in [1.807, 2.05) is 0 Å². The first-order valence-corrected chi connectivity index (χ1v) is 9.95. The minimum absolute atomic E-state index is 0.0976. The Kier molecular flexibility index (Phi) is 5.92. The van der Waals surface area contributed by atoms with E-state index in [4.69, 9.17) is 18.8 Å². The Morgan fingerprint density at radius 3 is 2.07 bits per heavy atom. The maximum Gasteiger partial charge on any atom is 0.495 e. The third kappa shape index (κ3) is 4.04. The van der Waals surface area contributed by atoms with Gasteiger partial charge in [-0.1, -0.05) is 6.07 Å². The number of aryl methyl sites for hydroxylation is 1. The van der Waals surface area contributed by atoms with E-state index in [1.165, 1.54) is 11.3 Å². The molecule has 2 heterocycles. The van der Waals surface area contributed by atoms with Gasteiger partial charge in [-0.2, -0.15) is 0 Å². The molecule has 0 N–H and O–H groups in total. The molecule has 6 heteroatoms. The van der Waals surface area contributed by atoms with Crippen LogP contribution in [0.1, 0.15) is 46.1 Å². The van der Waals surface area contributed by atoms with Gasteiger partial charge in [-0.05, 0) is 70.6 Å². The second-order valence-electron chi connectivity index (χ2n) is 8.79. The molecule has 0 aliphatic carbocycles. The van der Waals surface area contributed by atoms with Gasteiger partial charge < -0.3 is 23.7 Å². The summed E-state index contributed by atoms with van der Waals surface area (Å²) < 4.78 is 23.3. The fourth-order valence-corrected chi connectivity index (χ4v) is 4.00. The van der Waals surface area contributed by atoms with Crippen molar-refractivity contribution in [3.63, 3.8) is 0 Å². The van der Waals surface area contributed by atoms with Gasteiger partial charge in [0, 0.05) is 38.9 Å². The number of hydrogen-bond donors (Lipinski definition) is 0. The van der Waals surface area contributed by atoms with E-state index in [-0.39, 0.29) is 24.6 Å². The topological polar surface area (TPSA) is 40.2 Å². The van der Waals surface area contributed by atoms with E-state index < -0.39 is 0 Å². The molecular weight excluding hydrogens is 341 g/mol. The first-order valence-electron chi connectivity index (χ1n) is 9.95. The molecule has 1 aromatic carbocycles. The summed E-state index contributed by atoms with van der Waals surface area (Å²) in [7, 11) is 3.13. The number of nitrogens with zero attached hydrogens (tertiary/aromatic N) is 1. The molecule has 2 aliphatic heterocycles. The molecule has 0 saturated carbocycles. The largest absolute Gasteiger partial charge is 0.495 e. The highest BCUT2D eigenvalue weighted by molar-refractivity contribution is 6.62. The summed E-state index contributed by atoms with van der Waals surface area (Å²) in [5.41, 5.74) is 2.96. The summed E-state index contributed by atoms with van der Waals surface area (Å²) in [5, 5.41) is 0. The van der Waals surface area contributed by atoms with Crippen molar-refractivity contribution in [3.05, 3.63) is 23.8 Å². The van der Waals surface area contributed by atoms with Crippen LogP contribution in [0.2, 0.25) is 0 Å². The van der Waals surface area contributed by atoms with E-state index in [9.17, 15) is 0 Å². The molecule has 0 radical (unpaired) electrons. The Morgan fingerprint density at radius 2 is 1.59 bits per heavy atom. The van der Waals surface area contributed by atoms with Gasteiger partial charge in [0.15, 0.2) is 6.29 Å². The molecule has 2 fully saturated rings. The average Bonchev–Trinajstić information content (AvgIpc) is 2.84. The lowest BCUT2D eigenvalue weighted by Gasteiger charge is -2.36. The van der Waals surface area contributed by atoms with Crippen molar-refractivity contribution in [1.29, 1.82) is 0 Å². The quantitative estimate of drug-likeness (QED) is 0.584. The number of ether oxygens (including phenoxy) is 2. The second kappa shape index (κ2) is 7.74. The summed E-state index contributed by atoms with van der Waals surface area (Å²) in [6.45, 7) is 12.5. The molecule has 2 aliphatic rings. The van der Waals surface area contributed by atoms with E-state index in [0.717, 1.165) is 31.4 Å². The van der Waals surface area contributed by atoms with Crippen LogP contribution in [0.25, 0.3) is 0 Å². The monoisotopic (exact) mass is 375 g/mol. The number of piperidine rings is 1. The molecule has 0 bridgehead atoms. The first kappa shape index (κ1) is 20.7. The summed E-state index contributed by atoms with van der Waals surface area (Å²) in [6, 6.07) is 6.61. The highest BCUT2D eigenvalue weighted by Crippen LogP contribution is 2.37. The lowest BCUT2D eigenvalue weighted by Crippen LogP contribution is -2.41. The molecule has 0 spiro atoms. The van der Waals surface area contributed by atoms with E-state index in [0.29, 0.717) is 5.92 Å². The van der Waals surface area contributed by atoms with Crippen molar-refractivity contribution in [1.82, 2.24) is 0 Å². The zero-order valence-corrected chi connectivity index (χ0v) is 17.9. The van der Waals surface area contributed by atoms with Gasteiger partial charge in [-0.25, -0.2) is 0 Å². The van der Waals surface area contributed by atoms with Crippen LogP contribution in [-0.2, 0) is 18.8 Å². The minimum Gasteiger partial charge on any atom is -0.399 e. The van der Waals surface area contributed by atoms with E-state index >= 15 is 0 Å². The van der Waals surface area contributed by atoms with Crippen molar-refractivity contribution in [2.45, 2.75) is 65.0 Å². The zero-order valence-electron chi connectivity index (χ0n) is 17.9. The third-order valence-electron chi connectivity index (χ3n) is 6.51. The maximum absolute atomic E-state index is 6.22. The predicted octanol–water partition coefficient (Wildman–Crippen LogP) is 3.13. The summed E-state index contributed by atoms with van der Waals surface area (Å²) >= 11 is 0. The van der Waals surface area contributed by atoms with Crippen LogP contribution in [0, 0.1) is 12.8 Å². The number of benzene rings is 1. The summed E-state index contributed by atoms with van der Waals surface area (Å²) in [5.74, 6) is 0.460. The van der Waals surface area contributed by atoms with Gasteiger partial charge in [-0.15, -0.1) is 0 Å². The van der Waals surface area contributed by atoms with Crippen LogP contribution in [0.4, 0.5) is 5.69 Å². The van der Waals surface area contributed by atoms with E-state index in [1.54, 1.807) is 14.2 Å².